The maximum atomic E-state index is 10.4. The van der Waals surface area contributed by atoms with Gasteiger partial charge in [-0.1, -0.05) is 47.3 Å². The predicted molar refractivity (Wildman–Crippen MR) is 84.5 cm³/mol. The minimum atomic E-state index is -2.73. The van der Waals surface area contributed by atoms with Crippen molar-refractivity contribution in [3.63, 3.8) is 0 Å². The van der Waals surface area contributed by atoms with Crippen molar-refractivity contribution in [1.82, 2.24) is 0 Å². The predicted octanol–water partition coefficient (Wildman–Crippen LogP) is 3.27. The zero-order chi connectivity index (χ0) is 15.7. The number of hydrogen-bond acceptors (Lipinski definition) is 6. The van der Waals surface area contributed by atoms with Crippen molar-refractivity contribution < 1.29 is 13.0 Å². The van der Waals surface area contributed by atoms with Crippen molar-refractivity contribution in [3.05, 3.63) is 58.6 Å². The van der Waals surface area contributed by atoms with Crippen molar-refractivity contribution in [2.45, 2.75) is 13.8 Å². The molecule has 0 aliphatic carbocycles. The molecule has 7 heteroatoms. The first-order valence-corrected chi connectivity index (χ1v) is 7.80. The fourth-order valence-corrected chi connectivity index (χ4v) is 2.39. The Balaban J connectivity index is 3.21. The van der Waals surface area contributed by atoms with Crippen molar-refractivity contribution >= 4 is 28.2 Å². The van der Waals surface area contributed by atoms with Crippen LogP contribution in [0.1, 0.15) is 13.8 Å². The van der Waals surface area contributed by atoms with Gasteiger partial charge in [0.05, 0.1) is 5.57 Å². The van der Waals surface area contributed by atoms with Crippen LogP contribution in [0.2, 0.25) is 0 Å². The Labute approximate surface area is 130 Å². The van der Waals surface area contributed by atoms with Crippen molar-refractivity contribution in [1.29, 1.82) is 5.26 Å². The summed E-state index contributed by atoms with van der Waals surface area (Å²) in [5.41, 5.74) is 1.65. The molecule has 1 rings (SSSR count). The highest BCUT2D eigenvalue weighted by molar-refractivity contribution is 8.17. The molecule has 1 aliphatic heterocycles. The second-order valence-electron chi connectivity index (χ2n) is 3.63. The van der Waals surface area contributed by atoms with E-state index in [1.165, 1.54) is 11.8 Å². The Bertz CT molecular complexity index is 635. The quantitative estimate of drug-likeness (QED) is 0.336. The van der Waals surface area contributed by atoms with Crippen LogP contribution in [0.5, 0.6) is 0 Å². The zero-order valence-corrected chi connectivity index (χ0v) is 13.1. The smallest absolute Gasteiger partial charge is 0.169 e. The molecule has 0 saturated carbocycles. The number of nitrogens with zero attached hydrogens (tertiary/aromatic N) is 2. The molecule has 0 saturated heterocycles. The molecular formula is C14H13N2O3S2-. The van der Waals surface area contributed by atoms with Gasteiger partial charge in [-0.25, -0.2) is 4.21 Å². The van der Waals surface area contributed by atoms with Crippen LogP contribution in [0.4, 0.5) is 0 Å². The third-order valence-electron chi connectivity index (χ3n) is 2.39. The van der Waals surface area contributed by atoms with Crippen LogP contribution in [-0.4, -0.2) is 13.8 Å². The number of hydrogen-bond donors (Lipinski definition) is 0. The van der Waals surface area contributed by atoms with Gasteiger partial charge >= 0.3 is 0 Å². The summed E-state index contributed by atoms with van der Waals surface area (Å²) in [6, 6.07) is 2.12. The fourth-order valence-electron chi connectivity index (χ4n) is 1.50. The van der Waals surface area contributed by atoms with Crippen LogP contribution >= 0.6 is 11.8 Å². The van der Waals surface area contributed by atoms with Gasteiger partial charge in [-0.05, 0) is 30.9 Å². The molecule has 0 bridgehead atoms. The van der Waals surface area contributed by atoms with E-state index in [4.69, 9.17) is 0 Å². The monoisotopic (exact) mass is 321 g/mol. The van der Waals surface area contributed by atoms with Crippen molar-refractivity contribution in [2.24, 2.45) is 5.16 Å². The van der Waals surface area contributed by atoms with Crippen LogP contribution in [-0.2, 0) is 15.6 Å². The van der Waals surface area contributed by atoms with Gasteiger partial charge in [0.25, 0.3) is 0 Å². The average Bonchev–Trinajstić information content (AvgIpc) is 2.92. The fraction of sp³-hybridized carbons (Fsp3) is 0.143. The molecule has 0 aromatic rings. The van der Waals surface area contributed by atoms with Gasteiger partial charge in [0.1, 0.15) is 11.1 Å². The van der Waals surface area contributed by atoms with Gasteiger partial charge in [0.2, 0.25) is 0 Å². The number of nitriles is 1. The van der Waals surface area contributed by atoms with E-state index in [-0.39, 0.29) is 0 Å². The average molecular weight is 321 g/mol. The molecule has 1 unspecified atom stereocenters. The number of thioether (sulfide) groups is 1. The van der Waals surface area contributed by atoms with Crippen LogP contribution in [0, 0.1) is 11.3 Å². The van der Waals surface area contributed by atoms with Crippen molar-refractivity contribution in [3.8, 4) is 6.07 Å². The summed E-state index contributed by atoms with van der Waals surface area (Å²) in [6.45, 7) is 3.71. The molecule has 0 aromatic carbocycles. The molecule has 1 atom stereocenters. The summed E-state index contributed by atoms with van der Waals surface area (Å²) in [7, 11) is 0. The zero-order valence-electron chi connectivity index (χ0n) is 11.5. The lowest BCUT2D eigenvalue weighted by Crippen LogP contribution is -1.99. The van der Waals surface area contributed by atoms with Crippen LogP contribution in [0.25, 0.3) is 0 Å². The number of rotatable bonds is 5. The first-order valence-electron chi connectivity index (χ1n) is 5.92. The van der Waals surface area contributed by atoms with Crippen LogP contribution in [0.3, 0.4) is 0 Å². The molecule has 0 spiro atoms. The van der Waals surface area contributed by atoms with Crippen LogP contribution in [0.15, 0.2) is 63.7 Å². The van der Waals surface area contributed by atoms with Gasteiger partial charge in [0.15, 0.2) is 11.4 Å². The Hall–Kier alpha value is -1.88. The van der Waals surface area contributed by atoms with Gasteiger partial charge in [0, 0.05) is 5.57 Å². The van der Waals surface area contributed by atoms with E-state index >= 15 is 0 Å². The molecule has 1 aliphatic rings. The van der Waals surface area contributed by atoms with E-state index in [0.717, 1.165) is 0 Å². The third kappa shape index (κ3) is 5.19. The van der Waals surface area contributed by atoms with E-state index in [1.807, 2.05) is 32.1 Å². The highest BCUT2D eigenvalue weighted by Crippen LogP contribution is 2.29. The third-order valence-corrected chi connectivity index (χ3v) is 3.37. The molecule has 21 heavy (non-hydrogen) atoms. The maximum absolute atomic E-state index is 10.4. The first kappa shape index (κ1) is 17.2. The molecule has 0 aromatic heterocycles. The maximum Gasteiger partial charge on any atom is 0.169 e. The minimum Gasteiger partial charge on any atom is -0.738 e. The topological polar surface area (TPSA) is 85.5 Å². The lowest BCUT2D eigenvalue weighted by Gasteiger charge is -2.05. The Morgan fingerprint density at radius 1 is 1.52 bits per heavy atom. The lowest BCUT2D eigenvalue weighted by atomic mass is 10.0. The molecule has 1 heterocycles. The first-order chi connectivity index (χ1) is 10.1. The van der Waals surface area contributed by atoms with Gasteiger partial charge < -0.3 is 8.84 Å². The normalized spacial score (nSPS) is 21.2. The molecule has 0 N–H and O–H groups in total. The largest absolute Gasteiger partial charge is 0.738 e. The van der Waals surface area contributed by atoms with E-state index in [2.05, 4.69) is 15.5 Å². The van der Waals surface area contributed by atoms with Gasteiger partial charge in [-0.3, -0.25) is 0 Å². The highest BCUT2D eigenvalue weighted by Gasteiger charge is 2.18. The summed E-state index contributed by atoms with van der Waals surface area (Å²) in [5.74, 6) is 0. The summed E-state index contributed by atoms with van der Waals surface area (Å²) < 4.78 is 25.0. The Morgan fingerprint density at radius 2 is 2.29 bits per heavy atom. The second-order valence-corrected chi connectivity index (χ2v) is 5.08. The molecule has 110 valence electrons. The molecule has 5 nitrogen and oxygen atoms in total. The Kier molecular flexibility index (Phi) is 7.46. The molecule has 0 amide bonds. The molecule has 0 fully saturated rings. The van der Waals surface area contributed by atoms with Gasteiger partial charge in [-0.2, -0.15) is 5.26 Å². The standard InChI is InChI=1S/C14H14N2O3S2/c1-3-5-6-7-11(4-2)13(10-15)12-8-9-20-14(12)16-19-21(17)18/h3-9H,1-2H3,(H,17,18)/p-1/b5-3-,7-6-,11-4+,13-12-,16-14-. The van der Waals surface area contributed by atoms with Gasteiger partial charge in [-0.15, -0.1) is 0 Å². The summed E-state index contributed by atoms with van der Waals surface area (Å²) in [6.07, 6.45) is 10.8. The second kappa shape index (κ2) is 9.13. The van der Waals surface area contributed by atoms with Crippen molar-refractivity contribution in [2.75, 3.05) is 0 Å². The molecule has 0 radical (unpaired) electrons. The summed E-state index contributed by atoms with van der Waals surface area (Å²) >= 11 is -1.54. The SMILES string of the molecule is C\C=C/C=C\C(=C/C)C(\C#N)=C1\C=CS\C1=N/OS(=O)[O-]. The van der Waals surface area contributed by atoms with E-state index in [0.29, 0.717) is 21.8 Å². The lowest BCUT2D eigenvalue weighted by molar-refractivity contribution is 0.319. The summed E-state index contributed by atoms with van der Waals surface area (Å²) in [5, 5.41) is 14.9. The summed E-state index contributed by atoms with van der Waals surface area (Å²) in [4.78, 5) is 0. The molecular weight excluding hydrogens is 308 g/mol. The minimum absolute atomic E-state index is 0.328. The van der Waals surface area contributed by atoms with E-state index in [9.17, 15) is 14.0 Å². The number of oxime groups is 1. The van der Waals surface area contributed by atoms with Crippen LogP contribution < -0.4 is 0 Å². The van der Waals surface area contributed by atoms with E-state index in [1.54, 1.807) is 23.6 Å². The highest BCUT2D eigenvalue weighted by atomic mass is 32.2. The number of allylic oxidation sites excluding steroid dienone is 8. The Morgan fingerprint density at radius 3 is 2.86 bits per heavy atom. The van der Waals surface area contributed by atoms with E-state index < -0.39 is 11.4 Å².